The van der Waals surface area contributed by atoms with Crippen LogP contribution in [0, 0.1) is 5.92 Å². The summed E-state index contributed by atoms with van der Waals surface area (Å²) >= 11 is 0. The maximum atomic E-state index is 3.51. The van der Waals surface area contributed by atoms with Crippen molar-refractivity contribution in [1.29, 1.82) is 0 Å². The van der Waals surface area contributed by atoms with Gasteiger partial charge in [-0.15, -0.1) is 0 Å². The molecule has 0 aromatic rings. The molecule has 2 heteroatoms. The predicted molar refractivity (Wildman–Crippen MR) is 55.5 cm³/mol. The molecule has 0 heterocycles. The van der Waals surface area contributed by atoms with Crippen molar-refractivity contribution < 1.29 is 0 Å². The van der Waals surface area contributed by atoms with Gasteiger partial charge in [0.15, 0.2) is 0 Å². The quantitative estimate of drug-likeness (QED) is 0.610. The fourth-order valence-corrected chi connectivity index (χ4v) is 0.980. The lowest BCUT2D eigenvalue weighted by Crippen LogP contribution is -2.38. The predicted octanol–water partition coefficient (Wildman–Crippen LogP) is 1.62. The second-order valence-electron chi connectivity index (χ2n) is 3.63. The Morgan fingerprint density at radius 3 is 2.25 bits per heavy atom. The van der Waals surface area contributed by atoms with E-state index in [1.54, 1.807) is 0 Å². The topological polar surface area (TPSA) is 24.1 Å². The van der Waals surface area contributed by atoms with Gasteiger partial charge in [-0.1, -0.05) is 27.2 Å². The van der Waals surface area contributed by atoms with E-state index in [9.17, 15) is 0 Å². The molecule has 0 aromatic heterocycles. The van der Waals surface area contributed by atoms with Crippen molar-refractivity contribution in [2.24, 2.45) is 5.92 Å². The van der Waals surface area contributed by atoms with Crippen LogP contribution in [0.2, 0.25) is 0 Å². The van der Waals surface area contributed by atoms with Crippen LogP contribution < -0.4 is 10.6 Å². The molecule has 0 bridgehead atoms. The molecule has 0 fully saturated rings. The minimum Gasteiger partial charge on any atom is -0.315 e. The fourth-order valence-electron chi connectivity index (χ4n) is 0.980. The van der Waals surface area contributed by atoms with Gasteiger partial charge >= 0.3 is 0 Å². The molecule has 0 aliphatic carbocycles. The van der Waals surface area contributed by atoms with Crippen LogP contribution in [0.25, 0.3) is 0 Å². The van der Waals surface area contributed by atoms with Crippen LogP contribution in [-0.4, -0.2) is 25.7 Å². The molecule has 0 aliphatic rings. The van der Waals surface area contributed by atoms with E-state index in [4.69, 9.17) is 0 Å². The molecule has 2 N–H and O–H groups in total. The van der Waals surface area contributed by atoms with Crippen LogP contribution in [0.3, 0.4) is 0 Å². The summed E-state index contributed by atoms with van der Waals surface area (Å²) in [6.45, 7) is 12.2. The first kappa shape index (κ1) is 11.9. The Morgan fingerprint density at radius 2 is 1.75 bits per heavy atom. The number of nitrogens with one attached hydrogen (secondary N) is 2. The normalized spacial score (nSPS) is 16.0. The fraction of sp³-hybridized carbons (Fsp3) is 1.00. The van der Waals surface area contributed by atoms with Gasteiger partial charge in [-0.2, -0.15) is 0 Å². The van der Waals surface area contributed by atoms with Crippen molar-refractivity contribution >= 4 is 0 Å². The van der Waals surface area contributed by atoms with Gasteiger partial charge in [0.1, 0.15) is 0 Å². The summed E-state index contributed by atoms with van der Waals surface area (Å²) in [7, 11) is 0. The SMILES string of the molecule is CCNCC(C)NCC(C)CC. The highest BCUT2D eigenvalue weighted by Crippen LogP contribution is 1.97. The molecule has 12 heavy (non-hydrogen) atoms. The second-order valence-corrected chi connectivity index (χ2v) is 3.63. The smallest absolute Gasteiger partial charge is 0.0164 e. The molecule has 0 rings (SSSR count). The molecule has 0 saturated carbocycles. The highest BCUT2D eigenvalue weighted by atomic mass is 15.0. The van der Waals surface area contributed by atoms with Gasteiger partial charge in [-0.3, -0.25) is 0 Å². The zero-order chi connectivity index (χ0) is 9.40. The maximum absolute atomic E-state index is 3.51. The van der Waals surface area contributed by atoms with E-state index in [1.165, 1.54) is 6.42 Å². The van der Waals surface area contributed by atoms with E-state index in [0.29, 0.717) is 6.04 Å². The summed E-state index contributed by atoms with van der Waals surface area (Å²) in [5.41, 5.74) is 0. The van der Waals surface area contributed by atoms with Crippen LogP contribution in [0.15, 0.2) is 0 Å². The van der Waals surface area contributed by atoms with Crippen molar-refractivity contribution in [3.8, 4) is 0 Å². The third-order valence-electron chi connectivity index (χ3n) is 2.21. The molecule has 0 radical (unpaired) electrons. The molecule has 0 saturated heterocycles. The van der Waals surface area contributed by atoms with Crippen molar-refractivity contribution in [3.05, 3.63) is 0 Å². The number of rotatable bonds is 7. The highest BCUT2D eigenvalue weighted by molar-refractivity contribution is 4.64. The van der Waals surface area contributed by atoms with Crippen molar-refractivity contribution in [2.75, 3.05) is 19.6 Å². The lowest BCUT2D eigenvalue weighted by atomic mass is 10.1. The second kappa shape index (κ2) is 7.56. The van der Waals surface area contributed by atoms with E-state index in [0.717, 1.165) is 25.6 Å². The molecular formula is C10H24N2. The molecule has 0 spiro atoms. The summed E-state index contributed by atoms with van der Waals surface area (Å²) in [6.07, 6.45) is 1.26. The number of hydrogen-bond acceptors (Lipinski definition) is 2. The van der Waals surface area contributed by atoms with Gasteiger partial charge < -0.3 is 10.6 Å². The van der Waals surface area contributed by atoms with E-state index >= 15 is 0 Å². The molecule has 74 valence electrons. The monoisotopic (exact) mass is 172 g/mol. The molecule has 2 unspecified atom stereocenters. The lowest BCUT2D eigenvalue weighted by Gasteiger charge is -2.16. The Bertz CT molecular complexity index is 93.8. The summed E-state index contributed by atoms with van der Waals surface area (Å²) < 4.78 is 0. The average molecular weight is 172 g/mol. The summed E-state index contributed by atoms with van der Waals surface area (Å²) in [5.74, 6) is 0.800. The van der Waals surface area contributed by atoms with E-state index in [1.807, 2.05) is 0 Å². The minimum absolute atomic E-state index is 0.596. The molecule has 0 aliphatic heterocycles. The lowest BCUT2D eigenvalue weighted by molar-refractivity contribution is 0.439. The molecule has 2 nitrogen and oxygen atoms in total. The van der Waals surface area contributed by atoms with Crippen molar-refractivity contribution in [2.45, 2.75) is 40.2 Å². The van der Waals surface area contributed by atoms with Crippen LogP contribution in [0.4, 0.5) is 0 Å². The van der Waals surface area contributed by atoms with Gasteiger partial charge in [-0.05, 0) is 25.9 Å². The van der Waals surface area contributed by atoms with E-state index in [2.05, 4.69) is 38.3 Å². The first-order valence-electron chi connectivity index (χ1n) is 5.14. The Kier molecular flexibility index (Phi) is 7.51. The van der Waals surface area contributed by atoms with Crippen molar-refractivity contribution in [1.82, 2.24) is 10.6 Å². The first-order valence-corrected chi connectivity index (χ1v) is 5.14. The van der Waals surface area contributed by atoms with Gasteiger partial charge in [0.25, 0.3) is 0 Å². The molecule has 0 amide bonds. The highest BCUT2D eigenvalue weighted by Gasteiger charge is 2.02. The minimum atomic E-state index is 0.596. The Hall–Kier alpha value is -0.0800. The van der Waals surface area contributed by atoms with Crippen LogP contribution in [0.1, 0.15) is 34.1 Å². The third-order valence-corrected chi connectivity index (χ3v) is 2.21. The van der Waals surface area contributed by atoms with E-state index in [-0.39, 0.29) is 0 Å². The maximum Gasteiger partial charge on any atom is 0.0164 e. The Morgan fingerprint density at radius 1 is 1.08 bits per heavy atom. The van der Waals surface area contributed by atoms with Gasteiger partial charge in [-0.25, -0.2) is 0 Å². The van der Waals surface area contributed by atoms with Crippen molar-refractivity contribution in [3.63, 3.8) is 0 Å². The zero-order valence-electron chi connectivity index (χ0n) is 8.98. The Balaban J connectivity index is 3.24. The molecule has 2 atom stereocenters. The van der Waals surface area contributed by atoms with Gasteiger partial charge in [0.2, 0.25) is 0 Å². The van der Waals surface area contributed by atoms with Gasteiger partial charge in [0, 0.05) is 12.6 Å². The zero-order valence-corrected chi connectivity index (χ0v) is 8.98. The molecular weight excluding hydrogens is 148 g/mol. The summed E-state index contributed by atoms with van der Waals surface area (Å²) in [6, 6.07) is 0.596. The van der Waals surface area contributed by atoms with Crippen LogP contribution in [0.5, 0.6) is 0 Å². The van der Waals surface area contributed by atoms with Gasteiger partial charge in [0.05, 0.1) is 0 Å². The van der Waals surface area contributed by atoms with Crippen LogP contribution in [-0.2, 0) is 0 Å². The average Bonchev–Trinajstić information content (AvgIpc) is 2.10. The Labute approximate surface area is 77.1 Å². The first-order chi connectivity index (χ1) is 5.70. The number of likely N-dealkylation sites (N-methyl/N-ethyl adjacent to an activating group) is 1. The van der Waals surface area contributed by atoms with Crippen LogP contribution >= 0.6 is 0 Å². The largest absolute Gasteiger partial charge is 0.315 e. The molecule has 0 aromatic carbocycles. The summed E-state index contributed by atoms with van der Waals surface area (Å²) in [5, 5.41) is 6.83. The third kappa shape index (κ3) is 6.62. The standard InChI is InChI=1S/C10H24N2/c1-5-9(3)7-12-10(4)8-11-6-2/h9-12H,5-8H2,1-4H3. The van der Waals surface area contributed by atoms with E-state index < -0.39 is 0 Å². The summed E-state index contributed by atoms with van der Waals surface area (Å²) in [4.78, 5) is 0. The number of hydrogen-bond donors (Lipinski definition) is 2.